The van der Waals surface area contributed by atoms with Gasteiger partial charge in [0.15, 0.2) is 5.78 Å². The van der Waals surface area contributed by atoms with Crippen molar-refractivity contribution in [2.24, 2.45) is 0 Å². The molecule has 2 nitrogen and oxygen atoms in total. The highest BCUT2D eigenvalue weighted by Gasteiger charge is 2.17. The van der Waals surface area contributed by atoms with Crippen molar-refractivity contribution in [3.8, 4) is 5.75 Å². The van der Waals surface area contributed by atoms with Crippen molar-refractivity contribution in [3.05, 3.63) is 64.2 Å². The Morgan fingerprint density at radius 2 is 1.67 bits per heavy atom. The minimum atomic E-state index is -0.0658. The van der Waals surface area contributed by atoms with E-state index in [0.717, 1.165) is 0 Å². The van der Waals surface area contributed by atoms with Gasteiger partial charge in [-0.2, -0.15) is 0 Å². The molecule has 0 saturated carbocycles. The van der Waals surface area contributed by atoms with Crippen molar-refractivity contribution >= 4 is 17.4 Å². The lowest BCUT2D eigenvalue weighted by Crippen LogP contribution is -2.11. The van der Waals surface area contributed by atoms with E-state index in [1.165, 1.54) is 12.7 Å². The lowest BCUT2D eigenvalue weighted by Gasteiger charge is -2.19. The summed E-state index contributed by atoms with van der Waals surface area (Å²) in [4.78, 5) is 12.6. The van der Waals surface area contributed by atoms with Crippen LogP contribution in [-0.4, -0.2) is 12.9 Å². The van der Waals surface area contributed by atoms with Crippen molar-refractivity contribution in [1.29, 1.82) is 0 Å². The maximum atomic E-state index is 12.6. The second kappa shape index (κ2) is 5.90. The summed E-state index contributed by atoms with van der Waals surface area (Å²) >= 11 is 5.93. The van der Waals surface area contributed by atoms with E-state index >= 15 is 0 Å². The zero-order chi connectivity index (χ0) is 15.6. The van der Waals surface area contributed by atoms with E-state index < -0.39 is 0 Å². The molecule has 0 heterocycles. The molecule has 0 aliphatic rings. The Morgan fingerprint density at radius 3 is 2.19 bits per heavy atom. The number of rotatable bonds is 3. The van der Waals surface area contributed by atoms with E-state index in [9.17, 15) is 4.79 Å². The third kappa shape index (κ3) is 3.45. The van der Waals surface area contributed by atoms with Crippen molar-refractivity contribution in [3.63, 3.8) is 0 Å². The van der Waals surface area contributed by atoms with Crippen molar-refractivity contribution in [2.45, 2.75) is 26.2 Å². The highest BCUT2D eigenvalue weighted by atomic mass is 35.5. The Labute approximate surface area is 130 Å². The summed E-state index contributed by atoms with van der Waals surface area (Å²) in [5.41, 5.74) is 2.43. The maximum Gasteiger partial charge on any atom is 0.196 e. The SMILES string of the molecule is COc1cc(Cl)ccc1C(=O)c1ccc(C(C)(C)C)cc1. The van der Waals surface area contributed by atoms with Gasteiger partial charge >= 0.3 is 0 Å². The molecule has 0 spiro atoms. The van der Waals surface area contributed by atoms with Crippen LogP contribution in [0.3, 0.4) is 0 Å². The standard InChI is InChI=1S/C18H19ClO2/c1-18(2,3)13-7-5-12(6-8-13)17(20)15-10-9-14(19)11-16(15)21-4/h5-11H,1-4H3. The predicted octanol–water partition coefficient (Wildman–Crippen LogP) is 4.88. The quantitative estimate of drug-likeness (QED) is 0.756. The molecule has 0 bridgehead atoms. The highest BCUT2D eigenvalue weighted by molar-refractivity contribution is 6.31. The number of ketones is 1. The Morgan fingerprint density at radius 1 is 1.05 bits per heavy atom. The number of hydrogen-bond donors (Lipinski definition) is 0. The third-order valence-electron chi connectivity index (χ3n) is 3.42. The minimum Gasteiger partial charge on any atom is -0.496 e. The van der Waals surface area contributed by atoms with Crippen LogP contribution in [0.4, 0.5) is 0 Å². The molecule has 0 unspecified atom stereocenters. The van der Waals surface area contributed by atoms with Crippen LogP contribution < -0.4 is 4.74 Å². The maximum absolute atomic E-state index is 12.6. The zero-order valence-electron chi connectivity index (χ0n) is 12.7. The van der Waals surface area contributed by atoms with Gasteiger partial charge in [-0.15, -0.1) is 0 Å². The first-order valence-electron chi connectivity index (χ1n) is 6.81. The molecule has 0 radical (unpaired) electrons. The minimum absolute atomic E-state index is 0.0658. The Balaban J connectivity index is 2.37. The van der Waals surface area contributed by atoms with E-state index in [1.807, 2.05) is 24.3 Å². The van der Waals surface area contributed by atoms with Gasteiger partial charge in [-0.1, -0.05) is 56.6 Å². The summed E-state index contributed by atoms with van der Waals surface area (Å²) in [6.07, 6.45) is 0. The Kier molecular flexibility index (Phi) is 4.38. The van der Waals surface area contributed by atoms with Crippen LogP contribution in [0.25, 0.3) is 0 Å². The number of halogens is 1. The molecule has 0 fully saturated rings. The fourth-order valence-electron chi connectivity index (χ4n) is 2.13. The van der Waals surface area contributed by atoms with Gasteiger partial charge < -0.3 is 4.74 Å². The number of hydrogen-bond acceptors (Lipinski definition) is 2. The lowest BCUT2D eigenvalue weighted by atomic mass is 9.86. The summed E-state index contributed by atoms with van der Waals surface area (Å²) in [6, 6.07) is 12.7. The Hall–Kier alpha value is -1.80. The van der Waals surface area contributed by atoms with Crippen molar-refractivity contribution < 1.29 is 9.53 Å². The van der Waals surface area contributed by atoms with Crippen LogP contribution in [-0.2, 0) is 5.41 Å². The monoisotopic (exact) mass is 302 g/mol. The molecule has 0 N–H and O–H groups in total. The number of carbonyl (C=O) groups excluding carboxylic acids is 1. The lowest BCUT2D eigenvalue weighted by molar-refractivity contribution is 0.103. The second-order valence-electron chi connectivity index (χ2n) is 6.00. The van der Waals surface area contributed by atoms with Crippen LogP contribution in [0.1, 0.15) is 42.3 Å². The molecule has 0 aliphatic heterocycles. The zero-order valence-corrected chi connectivity index (χ0v) is 13.5. The molecule has 0 aliphatic carbocycles. The van der Waals surface area contributed by atoms with Crippen LogP contribution in [0, 0.1) is 0 Å². The first kappa shape index (κ1) is 15.6. The van der Waals surface area contributed by atoms with Gasteiger partial charge in [0, 0.05) is 10.6 Å². The largest absolute Gasteiger partial charge is 0.496 e. The summed E-state index contributed by atoms with van der Waals surface area (Å²) in [7, 11) is 1.53. The number of carbonyl (C=O) groups is 1. The van der Waals surface area contributed by atoms with Crippen LogP contribution >= 0.6 is 11.6 Å². The molecular formula is C18H19ClO2. The molecule has 2 aromatic rings. The first-order chi connectivity index (χ1) is 9.82. The van der Waals surface area contributed by atoms with E-state index in [1.54, 1.807) is 18.2 Å². The molecular weight excluding hydrogens is 284 g/mol. The molecule has 0 amide bonds. The molecule has 110 valence electrons. The fourth-order valence-corrected chi connectivity index (χ4v) is 2.29. The predicted molar refractivity (Wildman–Crippen MR) is 86.6 cm³/mol. The molecule has 2 aromatic carbocycles. The Bertz CT molecular complexity index is 652. The van der Waals surface area contributed by atoms with Gasteiger partial charge in [-0.25, -0.2) is 0 Å². The first-order valence-corrected chi connectivity index (χ1v) is 7.19. The highest BCUT2D eigenvalue weighted by Crippen LogP contribution is 2.27. The number of ether oxygens (including phenoxy) is 1. The normalized spacial score (nSPS) is 11.3. The van der Waals surface area contributed by atoms with Gasteiger partial charge in [-0.05, 0) is 29.2 Å². The average Bonchev–Trinajstić information content (AvgIpc) is 2.45. The fraction of sp³-hybridized carbons (Fsp3) is 0.278. The summed E-state index contributed by atoms with van der Waals surface area (Å²) in [6.45, 7) is 6.43. The van der Waals surface area contributed by atoms with Crippen LogP contribution in [0.5, 0.6) is 5.75 Å². The van der Waals surface area contributed by atoms with E-state index in [2.05, 4.69) is 20.8 Å². The molecule has 0 atom stereocenters. The van der Waals surface area contributed by atoms with Gasteiger partial charge in [0.25, 0.3) is 0 Å². The molecule has 0 saturated heterocycles. The molecule has 2 rings (SSSR count). The van der Waals surface area contributed by atoms with E-state index in [-0.39, 0.29) is 11.2 Å². The third-order valence-corrected chi connectivity index (χ3v) is 3.66. The van der Waals surface area contributed by atoms with Crippen molar-refractivity contribution in [1.82, 2.24) is 0 Å². The summed E-state index contributed by atoms with van der Waals surface area (Å²) in [5, 5.41) is 0.548. The van der Waals surface area contributed by atoms with Crippen LogP contribution in [0.15, 0.2) is 42.5 Å². The van der Waals surface area contributed by atoms with Crippen LogP contribution in [0.2, 0.25) is 5.02 Å². The second-order valence-corrected chi connectivity index (χ2v) is 6.44. The summed E-state index contributed by atoms with van der Waals surface area (Å²) in [5.74, 6) is 0.427. The summed E-state index contributed by atoms with van der Waals surface area (Å²) < 4.78 is 5.24. The number of methoxy groups -OCH3 is 1. The number of benzene rings is 2. The van der Waals surface area contributed by atoms with Gasteiger partial charge in [-0.3, -0.25) is 4.79 Å². The topological polar surface area (TPSA) is 26.3 Å². The molecule has 21 heavy (non-hydrogen) atoms. The van der Waals surface area contributed by atoms with E-state index in [0.29, 0.717) is 21.9 Å². The van der Waals surface area contributed by atoms with Gasteiger partial charge in [0.05, 0.1) is 12.7 Å². The van der Waals surface area contributed by atoms with Crippen molar-refractivity contribution in [2.75, 3.05) is 7.11 Å². The molecule has 0 aromatic heterocycles. The van der Waals surface area contributed by atoms with Gasteiger partial charge in [0.1, 0.15) is 5.75 Å². The smallest absolute Gasteiger partial charge is 0.196 e. The molecule has 3 heteroatoms. The van der Waals surface area contributed by atoms with Gasteiger partial charge in [0.2, 0.25) is 0 Å². The average molecular weight is 303 g/mol. The van der Waals surface area contributed by atoms with E-state index in [4.69, 9.17) is 16.3 Å².